The number of fused-ring (bicyclic) bond motifs is 1. The zero-order valence-corrected chi connectivity index (χ0v) is 18.9. The van der Waals surface area contributed by atoms with Gasteiger partial charge in [0.25, 0.3) is 0 Å². The molecule has 32 heavy (non-hydrogen) atoms. The second-order valence-corrected chi connectivity index (χ2v) is 9.22. The van der Waals surface area contributed by atoms with Crippen LogP contribution in [0.15, 0.2) is 52.9 Å². The number of ether oxygens (including phenoxy) is 1. The van der Waals surface area contributed by atoms with Gasteiger partial charge in [0.2, 0.25) is 5.89 Å². The number of nitrogens with zero attached hydrogens (tertiary/aromatic N) is 1. The van der Waals surface area contributed by atoms with Crippen molar-refractivity contribution in [2.24, 2.45) is 0 Å². The van der Waals surface area contributed by atoms with E-state index in [9.17, 15) is 9.90 Å². The number of para-hydroxylation sites is 2. The zero-order chi connectivity index (χ0) is 22.6. The zero-order valence-electron chi connectivity index (χ0n) is 18.9. The van der Waals surface area contributed by atoms with Crippen molar-refractivity contribution in [1.82, 2.24) is 10.3 Å². The van der Waals surface area contributed by atoms with Gasteiger partial charge in [-0.1, -0.05) is 43.5 Å². The molecular weight excluding hydrogens is 404 g/mol. The van der Waals surface area contributed by atoms with Crippen LogP contribution in [-0.4, -0.2) is 28.2 Å². The number of aliphatic carboxylic acids is 1. The maximum Gasteiger partial charge on any atom is 0.347 e. The van der Waals surface area contributed by atoms with E-state index in [0.717, 1.165) is 49.2 Å². The maximum absolute atomic E-state index is 11.2. The fourth-order valence-corrected chi connectivity index (χ4v) is 4.38. The molecule has 3 aromatic rings. The monoisotopic (exact) mass is 436 g/mol. The molecule has 0 saturated heterocycles. The van der Waals surface area contributed by atoms with Crippen molar-refractivity contribution in [3.63, 3.8) is 0 Å². The highest BCUT2D eigenvalue weighted by molar-refractivity contribution is 5.76. The van der Waals surface area contributed by atoms with Crippen molar-refractivity contribution < 1.29 is 19.1 Å². The van der Waals surface area contributed by atoms with E-state index in [1.807, 2.05) is 48.5 Å². The minimum atomic E-state index is -1.25. The van der Waals surface area contributed by atoms with Crippen LogP contribution >= 0.6 is 0 Å². The molecule has 1 aromatic heterocycles. The summed E-state index contributed by atoms with van der Waals surface area (Å²) in [4.78, 5) is 16.0. The van der Waals surface area contributed by atoms with Crippen molar-refractivity contribution in [3.05, 3.63) is 60.0 Å². The first-order valence-electron chi connectivity index (χ1n) is 11.5. The molecule has 1 aliphatic rings. The number of carboxylic acid groups (broad SMARTS) is 1. The fraction of sp³-hybridized carbons (Fsp3) is 0.462. The molecule has 0 radical (unpaired) electrons. The largest absolute Gasteiger partial charge is 0.478 e. The van der Waals surface area contributed by atoms with E-state index < -0.39 is 11.6 Å². The molecule has 6 heteroatoms. The Morgan fingerprint density at radius 2 is 1.84 bits per heavy atom. The van der Waals surface area contributed by atoms with Crippen molar-refractivity contribution in [3.8, 4) is 5.75 Å². The molecule has 0 atom stereocenters. The Morgan fingerprint density at radius 1 is 1.12 bits per heavy atom. The predicted octanol–water partition coefficient (Wildman–Crippen LogP) is 5.45. The van der Waals surface area contributed by atoms with Crippen molar-refractivity contribution in [2.45, 2.75) is 69.9 Å². The summed E-state index contributed by atoms with van der Waals surface area (Å²) in [5, 5.41) is 13.0. The molecule has 0 amide bonds. The summed E-state index contributed by atoms with van der Waals surface area (Å²) < 4.78 is 11.7. The summed E-state index contributed by atoms with van der Waals surface area (Å²) in [5.41, 5.74) is 1.54. The van der Waals surface area contributed by atoms with E-state index in [-0.39, 0.29) is 5.54 Å². The van der Waals surface area contributed by atoms with E-state index in [1.54, 1.807) is 13.8 Å². The lowest BCUT2D eigenvalue weighted by molar-refractivity contribution is -0.152. The fourth-order valence-electron chi connectivity index (χ4n) is 4.38. The molecule has 1 aliphatic carbocycles. The van der Waals surface area contributed by atoms with Gasteiger partial charge in [-0.3, -0.25) is 0 Å². The Hall–Kier alpha value is -2.86. The standard InChI is InChI=1S/C26H32N2O4/c1-25(2,24(29)30)32-20-14-12-19(13-15-20)9-8-18-27-26(16-6-3-7-17-26)23-28-21-10-4-5-11-22(21)31-23/h4-5,10-15,27H,3,6-9,16-18H2,1-2H3,(H,29,30). The van der Waals surface area contributed by atoms with Crippen LogP contribution < -0.4 is 10.1 Å². The molecule has 2 N–H and O–H groups in total. The first-order chi connectivity index (χ1) is 15.4. The molecule has 2 aromatic carbocycles. The van der Waals surface area contributed by atoms with Gasteiger partial charge in [0.05, 0.1) is 5.54 Å². The number of aromatic nitrogens is 1. The Balaban J connectivity index is 1.35. The Morgan fingerprint density at radius 3 is 2.53 bits per heavy atom. The number of oxazole rings is 1. The van der Waals surface area contributed by atoms with Gasteiger partial charge >= 0.3 is 5.97 Å². The summed E-state index contributed by atoms with van der Waals surface area (Å²) in [5.74, 6) is 0.403. The van der Waals surface area contributed by atoms with Crippen LogP contribution in [0.1, 0.15) is 63.8 Å². The smallest absolute Gasteiger partial charge is 0.347 e. The molecule has 0 bridgehead atoms. The third kappa shape index (κ3) is 4.96. The minimum Gasteiger partial charge on any atom is -0.478 e. The molecule has 0 aliphatic heterocycles. The van der Waals surface area contributed by atoms with Crippen LogP contribution in [0.5, 0.6) is 5.75 Å². The van der Waals surface area contributed by atoms with Crippen molar-refractivity contribution in [2.75, 3.05) is 6.54 Å². The van der Waals surface area contributed by atoms with Crippen LogP contribution in [0.3, 0.4) is 0 Å². The van der Waals surface area contributed by atoms with E-state index in [2.05, 4.69) is 5.32 Å². The van der Waals surface area contributed by atoms with Crippen LogP contribution in [0, 0.1) is 0 Å². The molecule has 1 saturated carbocycles. The van der Waals surface area contributed by atoms with Crippen LogP contribution in [-0.2, 0) is 16.8 Å². The Bertz CT molecular complexity index is 1020. The molecule has 6 nitrogen and oxygen atoms in total. The van der Waals surface area contributed by atoms with Gasteiger partial charge in [0.1, 0.15) is 11.3 Å². The number of rotatable bonds is 9. The molecule has 0 unspecified atom stereocenters. The number of hydrogen-bond acceptors (Lipinski definition) is 5. The second kappa shape index (κ2) is 9.33. The van der Waals surface area contributed by atoms with E-state index in [1.165, 1.54) is 24.8 Å². The number of hydrogen-bond donors (Lipinski definition) is 2. The van der Waals surface area contributed by atoms with Gasteiger partial charge in [-0.05, 0) is 75.9 Å². The first kappa shape index (κ1) is 22.3. The molecule has 4 rings (SSSR count). The summed E-state index contributed by atoms with van der Waals surface area (Å²) in [6, 6.07) is 15.7. The molecular formula is C26H32N2O4. The van der Waals surface area contributed by atoms with Gasteiger partial charge < -0.3 is 19.6 Å². The predicted molar refractivity (Wildman–Crippen MR) is 124 cm³/mol. The molecule has 1 heterocycles. The van der Waals surface area contributed by atoms with E-state index >= 15 is 0 Å². The lowest BCUT2D eigenvalue weighted by atomic mass is 9.81. The topological polar surface area (TPSA) is 84.6 Å². The van der Waals surface area contributed by atoms with Crippen molar-refractivity contribution >= 4 is 17.1 Å². The van der Waals surface area contributed by atoms with E-state index in [0.29, 0.717) is 5.75 Å². The van der Waals surface area contributed by atoms with Gasteiger partial charge in [-0.2, -0.15) is 0 Å². The highest BCUT2D eigenvalue weighted by Crippen LogP contribution is 2.38. The van der Waals surface area contributed by atoms with Gasteiger partial charge in [0, 0.05) is 0 Å². The molecule has 170 valence electrons. The number of benzene rings is 2. The lowest BCUT2D eigenvalue weighted by Crippen LogP contribution is -2.44. The highest BCUT2D eigenvalue weighted by Gasteiger charge is 2.38. The van der Waals surface area contributed by atoms with Crippen molar-refractivity contribution in [1.29, 1.82) is 0 Å². The summed E-state index contributed by atoms with van der Waals surface area (Å²) in [6.45, 7) is 3.97. The minimum absolute atomic E-state index is 0.183. The Kier molecular flexibility index (Phi) is 6.51. The third-order valence-corrected chi connectivity index (χ3v) is 6.33. The van der Waals surface area contributed by atoms with Crippen LogP contribution in [0.25, 0.3) is 11.1 Å². The van der Waals surface area contributed by atoms with Crippen LogP contribution in [0.4, 0.5) is 0 Å². The molecule has 1 fully saturated rings. The number of aryl methyl sites for hydroxylation is 1. The number of nitrogens with one attached hydrogen (secondary N) is 1. The van der Waals surface area contributed by atoms with Gasteiger partial charge in [0.15, 0.2) is 11.2 Å². The average molecular weight is 437 g/mol. The maximum atomic E-state index is 11.2. The normalized spacial score (nSPS) is 16.2. The lowest BCUT2D eigenvalue weighted by Gasteiger charge is -2.35. The number of carbonyl (C=O) groups is 1. The average Bonchev–Trinajstić information content (AvgIpc) is 3.23. The summed E-state index contributed by atoms with van der Waals surface area (Å²) in [7, 11) is 0. The molecule has 0 spiro atoms. The number of carboxylic acids is 1. The van der Waals surface area contributed by atoms with Crippen LogP contribution in [0.2, 0.25) is 0 Å². The SMILES string of the molecule is CC(C)(Oc1ccc(CCCNC2(c3nc4ccccc4o3)CCCCC2)cc1)C(=O)O. The second-order valence-electron chi connectivity index (χ2n) is 9.22. The van der Waals surface area contributed by atoms with Gasteiger partial charge in [-0.15, -0.1) is 0 Å². The summed E-state index contributed by atoms with van der Waals surface area (Å²) >= 11 is 0. The Labute approximate surface area is 189 Å². The summed E-state index contributed by atoms with van der Waals surface area (Å²) in [6.07, 6.45) is 7.63. The quantitative estimate of drug-likeness (QED) is 0.434. The van der Waals surface area contributed by atoms with E-state index in [4.69, 9.17) is 14.1 Å². The van der Waals surface area contributed by atoms with Gasteiger partial charge in [-0.25, -0.2) is 9.78 Å². The third-order valence-electron chi connectivity index (χ3n) is 6.33. The first-order valence-corrected chi connectivity index (χ1v) is 11.5. The highest BCUT2D eigenvalue weighted by atomic mass is 16.5.